The average Bonchev–Trinajstić information content (AvgIpc) is 3.18. The van der Waals surface area contributed by atoms with Crippen LogP contribution in [0.4, 0.5) is 5.69 Å². The largest absolute Gasteiger partial charge is 0.466 e. The van der Waals surface area contributed by atoms with Crippen molar-refractivity contribution in [2.75, 3.05) is 11.5 Å². The Hall–Kier alpha value is -2.96. The number of carbonyl (C=O) groups excluding carboxylic acids is 2. The predicted molar refractivity (Wildman–Crippen MR) is 132 cm³/mol. The number of aryl methyl sites for hydroxylation is 1. The molecule has 0 aromatic heterocycles. The summed E-state index contributed by atoms with van der Waals surface area (Å²) in [6.07, 6.45) is 1.01. The second-order valence-corrected chi connectivity index (χ2v) is 10.9. The molecule has 0 spiro atoms. The predicted octanol–water partition coefficient (Wildman–Crippen LogP) is 4.85. The van der Waals surface area contributed by atoms with E-state index in [0.717, 1.165) is 22.5 Å². The molecule has 1 fully saturated rings. The van der Waals surface area contributed by atoms with Gasteiger partial charge in [0.05, 0.1) is 12.5 Å². The molecule has 1 N–H and O–H groups in total. The molecule has 4 atom stereocenters. The van der Waals surface area contributed by atoms with E-state index in [0.29, 0.717) is 18.4 Å². The SMILES string of the molecule is CCOC(=O)C1C2C3=C(CC(C)(C)CC3=O)N(c3ccc(C)cc3)C2(c2ccccc2)OC1(C)O. The topological polar surface area (TPSA) is 76.1 Å². The third kappa shape index (κ3) is 3.54. The van der Waals surface area contributed by atoms with E-state index in [2.05, 4.69) is 18.7 Å². The highest BCUT2D eigenvalue weighted by Gasteiger charge is 2.72. The van der Waals surface area contributed by atoms with E-state index in [4.69, 9.17) is 9.47 Å². The number of hydrogen-bond acceptors (Lipinski definition) is 6. The summed E-state index contributed by atoms with van der Waals surface area (Å²) < 4.78 is 12.1. The number of rotatable bonds is 4. The average molecular weight is 476 g/mol. The highest BCUT2D eigenvalue weighted by atomic mass is 16.7. The zero-order valence-electron chi connectivity index (χ0n) is 21.0. The number of carbonyl (C=O) groups is 2. The monoisotopic (exact) mass is 475 g/mol. The Bertz CT molecular complexity index is 1200. The van der Waals surface area contributed by atoms with Gasteiger partial charge in [0.25, 0.3) is 0 Å². The number of ketones is 1. The van der Waals surface area contributed by atoms with Crippen molar-refractivity contribution < 1.29 is 24.2 Å². The zero-order chi connectivity index (χ0) is 25.2. The van der Waals surface area contributed by atoms with E-state index in [1.54, 1.807) is 6.92 Å². The number of nitrogens with zero attached hydrogens (tertiary/aromatic N) is 1. The van der Waals surface area contributed by atoms with Gasteiger partial charge in [-0.2, -0.15) is 0 Å². The zero-order valence-corrected chi connectivity index (χ0v) is 21.0. The van der Waals surface area contributed by atoms with Crippen molar-refractivity contribution in [3.8, 4) is 0 Å². The van der Waals surface area contributed by atoms with Crippen molar-refractivity contribution >= 4 is 17.4 Å². The number of hydrogen-bond donors (Lipinski definition) is 1. The molecule has 0 bridgehead atoms. The first kappa shape index (κ1) is 23.8. The van der Waals surface area contributed by atoms with Gasteiger partial charge in [-0.15, -0.1) is 0 Å². The van der Waals surface area contributed by atoms with Crippen LogP contribution in [-0.4, -0.2) is 29.3 Å². The van der Waals surface area contributed by atoms with Gasteiger partial charge in [-0.25, -0.2) is 0 Å². The van der Waals surface area contributed by atoms with Gasteiger partial charge in [-0.1, -0.05) is 61.9 Å². The van der Waals surface area contributed by atoms with Crippen molar-refractivity contribution in [2.24, 2.45) is 17.3 Å². The molecular formula is C29H33NO5. The van der Waals surface area contributed by atoms with Crippen molar-refractivity contribution in [2.45, 2.75) is 59.0 Å². The summed E-state index contributed by atoms with van der Waals surface area (Å²) in [5.41, 5.74) is 2.63. The molecule has 4 unspecified atom stereocenters. The summed E-state index contributed by atoms with van der Waals surface area (Å²) in [4.78, 5) is 29.2. The van der Waals surface area contributed by atoms with Gasteiger partial charge < -0.3 is 19.5 Å². The molecule has 6 heteroatoms. The Morgan fingerprint density at radius 3 is 2.37 bits per heavy atom. The first-order chi connectivity index (χ1) is 16.5. The molecule has 0 saturated carbocycles. The van der Waals surface area contributed by atoms with E-state index < -0.39 is 29.3 Å². The lowest BCUT2D eigenvalue weighted by molar-refractivity contribution is -0.231. The van der Waals surface area contributed by atoms with Crippen LogP contribution >= 0.6 is 0 Å². The van der Waals surface area contributed by atoms with Gasteiger partial charge in [0, 0.05) is 28.9 Å². The number of Topliss-reactive ketones (excluding diaryl/α,β-unsaturated/α-hetero) is 1. The fraction of sp³-hybridized carbons (Fsp3) is 0.448. The second kappa shape index (κ2) is 8.04. The van der Waals surface area contributed by atoms with Gasteiger partial charge in [-0.3, -0.25) is 9.59 Å². The van der Waals surface area contributed by atoms with Crippen molar-refractivity contribution in [3.63, 3.8) is 0 Å². The summed E-state index contributed by atoms with van der Waals surface area (Å²) in [6, 6.07) is 17.7. The quantitative estimate of drug-likeness (QED) is 0.638. The normalized spacial score (nSPS) is 31.4. The van der Waals surface area contributed by atoms with Crippen LogP contribution in [0.1, 0.15) is 51.7 Å². The fourth-order valence-corrected chi connectivity index (χ4v) is 6.25. The Morgan fingerprint density at radius 2 is 1.74 bits per heavy atom. The lowest BCUT2D eigenvalue weighted by Gasteiger charge is -2.43. The molecule has 1 aliphatic carbocycles. The van der Waals surface area contributed by atoms with Crippen molar-refractivity contribution in [1.29, 1.82) is 0 Å². The number of esters is 1. The molecule has 6 nitrogen and oxygen atoms in total. The van der Waals surface area contributed by atoms with E-state index in [-0.39, 0.29) is 17.8 Å². The summed E-state index contributed by atoms with van der Waals surface area (Å²) in [7, 11) is 0. The van der Waals surface area contributed by atoms with Gasteiger partial charge >= 0.3 is 5.97 Å². The third-order valence-corrected chi connectivity index (χ3v) is 7.52. The van der Waals surface area contributed by atoms with E-state index >= 15 is 0 Å². The Morgan fingerprint density at radius 1 is 1.09 bits per heavy atom. The molecule has 5 rings (SSSR count). The lowest BCUT2D eigenvalue weighted by Crippen LogP contribution is -2.47. The van der Waals surface area contributed by atoms with Gasteiger partial charge in [0.15, 0.2) is 17.3 Å². The smallest absolute Gasteiger partial charge is 0.315 e. The van der Waals surface area contributed by atoms with Crippen LogP contribution in [0.3, 0.4) is 0 Å². The van der Waals surface area contributed by atoms with Crippen LogP contribution in [-0.2, 0) is 24.8 Å². The van der Waals surface area contributed by atoms with E-state index in [1.165, 1.54) is 6.92 Å². The molecule has 184 valence electrons. The minimum Gasteiger partial charge on any atom is -0.466 e. The Kier molecular flexibility index (Phi) is 5.46. The van der Waals surface area contributed by atoms with Crippen molar-refractivity contribution in [1.82, 2.24) is 0 Å². The minimum atomic E-state index is -1.85. The summed E-state index contributed by atoms with van der Waals surface area (Å²) in [5.74, 6) is -4.20. The first-order valence-corrected chi connectivity index (χ1v) is 12.3. The number of fused-ring (bicyclic) bond motifs is 2. The van der Waals surface area contributed by atoms with E-state index in [1.807, 2.05) is 61.5 Å². The number of ether oxygens (including phenoxy) is 2. The van der Waals surface area contributed by atoms with Crippen LogP contribution in [0.5, 0.6) is 0 Å². The molecule has 2 heterocycles. The summed E-state index contributed by atoms with van der Waals surface area (Å²) >= 11 is 0. The maximum absolute atomic E-state index is 13.8. The van der Waals surface area contributed by atoms with Crippen LogP contribution in [0, 0.1) is 24.2 Å². The lowest BCUT2D eigenvalue weighted by atomic mass is 9.70. The van der Waals surface area contributed by atoms with E-state index in [9.17, 15) is 14.7 Å². The Balaban J connectivity index is 1.84. The molecule has 2 aliphatic heterocycles. The molecule has 3 aliphatic rings. The number of benzene rings is 2. The first-order valence-electron chi connectivity index (χ1n) is 12.3. The molecule has 1 saturated heterocycles. The van der Waals surface area contributed by atoms with Crippen LogP contribution in [0.25, 0.3) is 0 Å². The molecule has 0 radical (unpaired) electrons. The van der Waals surface area contributed by atoms with Gasteiger partial charge in [-0.05, 0) is 44.7 Å². The Labute approximate surface area is 206 Å². The molecular weight excluding hydrogens is 442 g/mol. The highest BCUT2D eigenvalue weighted by Crippen LogP contribution is 2.65. The van der Waals surface area contributed by atoms with Crippen LogP contribution < -0.4 is 4.90 Å². The molecule has 2 aromatic rings. The third-order valence-electron chi connectivity index (χ3n) is 7.52. The summed E-state index contributed by atoms with van der Waals surface area (Å²) in [5, 5.41) is 11.6. The van der Waals surface area contributed by atoms with Crippen LogP contribution in [0.15, 0.2) is 65.9 Å². The van der Waals surface area contributed by atoms with Crippen LogP contribution in [0.2, 0.25) is 0 Å². The number of allylic oxidation sites excluding steroid dienone is 1. The standard InChI is InChI=1S/C29H33NO5/c1-6-34-26(32)25-24-23-21(16-27(3,4)17-22(23)31)30(20-14-12-18(2)13-15-20)29(24,35-28(25,5)33)19-10-8-7-9-11-19/h7-15,24-25,33H,6,16-17H2,1-5H3. The van der Waals surface area contributed by atoms with Gasteiger partial charge in [0.1, 0.15) is 5.92 Å². The van der Waals surface area contributed by atoms with Gasteiger partial charge in [0.2, 0.25) is 0 Å². The second-order valence-electron chi connectivity index (χ2n) is 10.9. The fourth-order valence-electron chi connectivity index (χ4n) is 6.25. The molecule has 35 heavy (non-hydrogen) atoms. The molecule has 2 aromatic carbocycles. The highest BCUT2D eigenvalue weighted by molar-refractivity contribution is 6.01. The maximum atomic E-state index is 13.8. The molecule has 0 amide bonds. The van der Waals surface area contributed by atoms with Crippen molar-refractivity contribution in [3.05, 3.63) is 77.0 Å². The minimum absolute atomic E-state index is 0.00762. The summed E-state index contributed by atoms with van der Waals surface area (Å²) in [6.45, 7) is 9.61. The number of anilines is 1. The maximum Gasteiger partial charge on any atom is 0.315 e. The number of aliphatic hydroxyl groups is 1.